The van der Waals surface area contributed by atoms with Crippen LogP contribution in [0.4, 0.5) is 5.69 Å². The minimum atomic E-state index is -0.169. The van der Waals surface area contributed by atoms with Crippen LogP contribution in [0, 0.1) is 0 Å². The van der Waals surface area contributed by atoms with Gasteiger partial charge in [0.25, 0.3) is 0 Å². The van der Waals surface area contributed by atoms with Crippen LogP contribution in [0.1, 0.15) is 24.8 Å². The molecule has 0 aliphatic carbocycles. The van der Waals surface area contributed by atoms with Crippen LogP contribution in [-0.2, 0) is 0 Å². The maximum Gasteiger partial charge on any atom is 0.0710 e. The van der Waals surface area contributed by atoms with Crippen molar-refractivity contribution in [3.63, 3.8) is 0 Å². The Morgan fingerprint density at radius 2 is 1.71 bits per heavy atom. The van der Waals surface area contributed by atoms with Crippen molar-refractivity contribution >= 4 is 52.9 Å². The van der Waals surface area contributed by atoms with Crippen LogP contribution in [-0.4, -0.2) is 12.6 Å². The van der Waals surface area contributed by atoms with Gasteiger partial charge in [-0.05, 0) is 17.7 Å². The van der Waals surface area contributed by atoms with E-state index in [1.165, 1.54) is 0 Å². The number of rotatable bonds is 4. The third-order valence-electron chi connectivity index (χ3n) is 2.17. The summed E-state index contributed by atoms with van der Waals surface area (Å²) in [4.78, 5) is 0. The van der Waals surface area contributed by atoms with Gasteiger partial charge in [0.2, 0.25) is 0 Å². The van der Waals surface area contributed by atoms with Crippen molar-refractivity contribution in [1.29, 1.82) is 0 Å². The molecule has 17 heavy (non-hydrogen) atoms. The number of alkyl halides is 1. The van der Waals surface area contributed by atoms with Gasteiger partial charge in [-0.2, -0.15) is 0 Å². The molecule has 0 aliphatic rings. The monoisotopic (exact) mass is 316 g/mol. The first kappa shape index (κ1) is 17.1. The lowest BCUT2D eigenvalue weighted by molar-refractivity contribution is 0.583. The Hall–Kier alpha value is 0.140. The summed E-state index contributed by atoms with van der Waals surface area (Å²) in [5.41, 5.74) is 6.92. The van der Waals surface area contributed by atoms with E-state index in [9.17, 15) is 0 Å². The fourth-order valence-electron chi connectivity index (χ4n) is 1.24. The van der Waals surface area contributed by atoms with E-state index in [0.717, 1.165) is 5.56 Å². The summed E-state index contributed by atoms with van der Waals surface area (Å²) in [6.07, 6.45) is 0. The highest BCUT2D eigenvalue weighted by atomic mass is 35.5. The van der Waals surface area contributed by atoms with Gasteiger partial charge in [-0.25, -0.2) is 0 Å². The third kappa shape index (κ3) is 5.11. The van der Waals surface area contributed by atoms with Gasteiger partial charge in [0, 0.05) is 12.6 Å². The van der Waals surface area contributed by atoms with Crippen molar-refractivity contribution in [3.05, 3.63) is 27.7 Å². The maximum atomic E-state index is 6.23. The van der Waals surface area contributed by atoms with Crippen molar-refractivity contribution in [2.75, 3.05) is 12.3 Å². The van der Waals surface area contributed by atoms with E-state index in [0.29, 0.717) is 28.3 Å². The van der Waals surface area contributed by atoms with Crippen LogP contribution in [0.5, 0.6) is 0 Å². The SMILES string of the molecule is CC(C)NCC(Cl)c1cc(Cl)c(N)c(Cl)c1.Cl. The van der Waals surface area contributed by atoms with E-state index >= 15 is 0 Å². The van der Waals surface area contributed by atoms with E-state index in [4.69, 9.17) is 40.5 Å². The minimum Gasteiger partial charge on any atom is -0.396 e. The van der Waals surface area contributed by atoms with Gasteiger partial charge in [-0.3, -0.25) is 0 Å². The zero-order valence-corrected chi connectivity index (χ0v) is 12.7. The zero-order chi connectivity index (χ0) is 12.3. The number of anilines is 1. The molecule has 1 rings (SSSR count). The molecule has 0 saturated carbocycles. The smallest absolute Gasteiger partial charge is 0.0710 e. The van der Waals surface area contributed by atoms with E-state index in [-0.39, 0.29) is 17.8 Å². The highest BCUT2D eigenvalue weighted by Gasteiger charge is 2.12. The largest absolute Gasteiger partial charge is 0.396 e. The van der Waals surface area contributed by atoms with E-state index in [1.54, 1.807) is 12.1 Å². The van der Waals surface area contributed by atoms with Gasteiger partial charge in [-0.1, -0.05) is 37.0 Å². The molecule has 0 bridgehead atoms. The molecule has 1 aromatic rings. The number of hydrogen-bond acceptors (Lipinski definition) is 2. The third-order valence-corrected chi connectivity index (χ3v) is 3.20. The quantitative estimate of drug-likeness (QED) is 0.642. The Bertz CT molecular complexity index is 345. The van der Waals surface area contributed by atoms with Crippen molar-refractivity contribution in [1.82, 2.24) is 5.32 Å². The van der Waals surface area contributed by atoms with Crippen LogP contribution in [0.15, 0.2) is 12.1 Å². The second-order valence-corrected chi connectivity index (χ2v) is 5.27. The topological polar surface area (TPSA) is 38.0 Å². The first-order chi connectivity index (χ1) is 7.41. The molecule has 0 saturated heterocycles. The van der Waals surface area contributed by atoms with Gasteiger partial charge < -0.3 is 11.1 Å². The van der Waals surface area contributed by atoms with Crippen LogP contribution in [0.3, 0.4) is 0 Å². The maximum absolute atomic E-state index is 6.23. The first-order valence-electron chi connectivity index (χ1n) is 5.03. The minimum absolute atomic E-state index is 0. The molecule has 0 amide bonds. The second kappa shape index (κ2) is 7.55. The van der Waals surface area contributed by atoms with E-state index in [1.807, 2.05) is 0 Å². The van der Waals surface area contributed by atoms with Gasteiger partial charge in [0.15, 0.2) is 0 Å². The summed E-state index contributed by atoms with van der Waals surface area (Å²) in [6, 6.07) is 3.89. The zero-order valence-electron chi connectivity index (χ0n) is 9.64. The Labute approximate surface area is 123 Å². The summed E-state index contributed by atoms with van der Waals surface area (Å²) >= 11 is 18.1. The Morgan fingerprint density at radius 3 is 2.12 bits per heavy atom. The van der Waals surface area contributed by atoms with Crippen LogP contribution in [0.2, 0.25) is 10.0 Å². The van der Waals surface area contributed by atoms with Gasteiger partial charge in [-0.15, -0.1) is 24.0 Å². The lowest BCUT2D eigenvalue weighted by atomic mass is 10.1. The van der Waals surface area contributed by atoms with E-state index in [2.05, 4.69) is 19.2 Å². The number of benzene rings is 1. The van der Waals surface area contributed by atoms with Gasteiger partial charge in [0.1, 0.15) is 0 Å². The summed E-state index contributed by atoms with van der Waals surface area (Å²) in [5.74, 6) is 0. The molecular weight excluding hydrogens is 302 g/mol. The predicted molar refractivity (Wildman–Crippen MR) is 79.9 cm³/mol. The highest BCUT2D eigenvalue weighted by molar-refractivity contribution is 6.39. The number of nitrogen functional groups attached to an aromatic ring is 1. The molecule has 0 spiro atoms. The van der Waals surface area contributed by atoms with Gasteiger partial charge >= 0.3 is 0 Å². The van der Waals surface area contributed by atoms with Crippen molar-refractivity contribution in [3.8, 4) is 0 Å². The van der Waals surface area contributed by atoms with Crippen LogP contribution < -0.4 is 11.1 Å². The second-order valence-electron chi connectivity index (χ2n) is 3.93. The summed E-state index contributed by atoms with van der Waals surface area (Å²) in [6.45, 7) is 4.79. The molecule has 1 unspecified atom stereocenters. The lowest BCUT2D eigenvalue weighted by Gasteiger charge is -2.15. The number of nitrogens with two attached hydrogens (primary N) is 1. The lowest BCUT2D eigenvalue weighted by Crippen LogP contribution is -2.26. The number of nitrogens with one attached hydrogen (secondary N) is 1. The molecule has 2 nitrogen and oxygen atoms in total. The molecule has 6 heteroatoms. The highest BCUT2D eigenvalue weighted by Crippen LogP contribution is 2.32. The molecular formula is C11H16Cl4N2. The fourth-order valence-corrected chi connectivity index (χ4v) is 1.96. The average molecular weight is 318 g/mol. The summed E-state index contributed by atoms with van der Waals surface area (Å²) in [5, 5.41) is 3.96. The predicted octanol–water partition coefficient (Wildman–Crippen LogP) is 4.28. The van der Waals surface area contributed by atoms with Gasteiger partial charge in [0.05, 0.1) is 21.1 Å². The van der Waals surface area contributed by atoms with Crippen LogP contribution >= 0.6 is 47.2 Å². The molecule has 1 aromatic carbocycles. The molecule has 0 heterocycles. The first-order valence-corrected chi connectivity index (χ1v) is 6.23. The van der Waals surface area contributed by atoms with Crippen molar-refractivity contribution < 1.29 is 0 Å². The molecule has 0 radical (unpaired) electrons. The molecule has 0 aromatic heterocycles. The number of hydrogen-bond donors (Lipinski definition) is 2. The summed E-state index contributed by atoms with van der Waals surface area (Å²) < 4.78 is 0. The number of halogens is 4. The Kier molecular flexibility index (Phi) is 7.61. The van der Waals surface area contributed by atoms with Crippen molar-refractivity contribution in [2.24, 2.45) is 0 Å². The normalized spacial score (nSPS) is 12.4. The Morgan fingerprint density at radius 1 is 1.24 bits per heavy atom. The molecule has 0 fully saturated rings. The molecule has 3 N–H and O–H groups in total. The fraction of sp³-hybridized carbons (Fsp3) is 0.455. The molecule has 1 atom stereocenters. The van der Waals surface area contributed by atoms with E-state index < -0.39 is 0 Å². The molecule has 0 aliphatic heterocycles. The van der Waals surface area contributed by atoms with Crippen LogP contribution in [0.25, 0.3) is 0 Å². The standard InChI is InChI=1S/C11H15Cl3N2.ClH/c1-6(2)16-5-10(14)7-3-8(12)11(15)9(13)4-7;/h3-4,6,10,16H,5,15H2,1-2H3;1H. The average Bonchev–Trinajstić information content (AvgIpc) is 2.21. The Balaban J connectivity index is 0.00000256. The van der Waals surface area contributed by atoms with Crippen molar-refractivity contribution in [2.45, 2.75) is 25.3 Å². The molecule has 98 valence electrons. The summed E-state index contributed by atoms with van der Waals surface area (Å²) in [7, 11) is 0.